The Morgan fingerprint density at radius 3 is 1.04 bits per heavy atom. The van der Waals surface area contributed by atoms with Crippen LogP contribution in [0.2, 0.25) is 0 Å². The predicted molar refractivity (Wildman–Crippen MR) is 220 cm³/mol. The first kappa shape index (κ1) is 48.9. The average Bonchev–Trinajstić information content (AvgIpc) is 3.11. The number of allylic oxidation sites excluding steroid dienone is 4. The number of rotatable bonds is 39. The summed E-state index contributed by atoms with van der Waals surface area (Å²) in [4.78, 5) is 38.3. The number of unbranched alkanes of at least 4 members (excludes halogenated alkanes) is 22. The molecule has 7 nitrogen and oxygen atoms in total. The van der Waals surface area contributed by atoms with E-state index in [1.165, 1.54) is 148 Å². The van der Waals surface area contributed by atoms with E-state index in [4.69, 9.17) is 0 Å². The van der Waals surface area contributed by atoms with Crippen molar-refractivity contribution in [1.29, 1.82) is 0 Å². The van der Waals surface area contributed by atoms with Crippen molar-refractivity contribution < 1.29 is 14.4 Å². The van der Waals surface area contributed by atoms with Crippen LogP contribution >= 0.6 is 0 Å². The second kappa shape index (κ2) is 40.6. The number of amides is 3. The van der Waals surface area contributed by atoms with Crippen LogP contribution in [0.1, 0.15) is 201 Å². The number of hydrogen-bond donors (Lipinski definition) is 3. The largest absolute Gasteiger partial charge is 0.355 e. The third kappa shape index (κ3) is 40.5. The van der Waals surface area contributed by atoms with Crippen molar-refractivity contribution in [2.75, 3.05) is 39.3 Å². The molecule has 0 saturated carbocycles. The van der Waals surface area contributed by atoms with Crippen LogP contribution in [-0.4, -0.2) is 61.9 Å². The number of hydrogen-bond acceptors (Lipinski definition) is 4. The summed E-state index contributed by atoms with van der Waals surface area (Å²) in [6.45, 7) is 9.85. The van der Waals surface area contributed by atoms with E-state index in [0.717, 1.165) is 25.7 Å². The number of nitrogens with one attached hydrogen (secondary N) is 3. The molecule has 0 aliphatic carbocycles. The van der Waals surface area contributed by atoms with Gasteiger partial charge in [0.05, 0.1) is 0 Å². The highest BCUT2D eigenvalue weighted by atomic mass is 16.2. The Hall–Kier alpha value is -2.15. The number of nitrogens with zero attached hydrogens (tertiary/aromatic N) is 1. The average molecular weight is 717 g/mol. The fraction of sp³-hybridized carbons (Fsp3) is 0.841. The highest BCUT2D eigenvalue weighted by Crippen LogP contribution is 2.11. The summed E-state index contributed by atoms with van der Waals surface area (Å²) in [5, 5.41) is 8.98. The zero-order chi connectivity index (χ0) is 37.3. The Morgan fingerprint density at radius 1 is 0.412 bits per heavy atom. The minimum absolute atomic E-state index is 0.0449. The Kier molecular flexibility index (Phi) is 38.9. The maximum absolute atomic E-state index is 12.4. The zero-order valence-electron chi connectivity index (χ0n) is 34.0. The van der Waals surface area contributed by atoms with Gasteiger partial charge in [0.2, 0.25) is 17.7 Å². The van der Waals surface area contributed by atoms with Gasteiger partial charge in [-0.2, -0.15) is 0 Å². The van der Waals surface area contributed by atoms with Gasteiger partial charge < -0.3 is 16.0 Å². The molecule has 0 aliphatic heterocycles. The van der Waals surface area contributed by atoms with Crippen LogP contribution in [0.4, 0.5) is 0 Å². The topological polar surface area (TPSA) is 90.5 Å². The van der Waals surface area contributed by atoms with Gasteiger partial charge in [-0.05, 0) is 64.2 Å². The zero-order valence-corrected chi connectivity index (χ0v) is 34.0. The second-order valence-corrected chi connectivity index (χ2v) is 14.7. The van der Waals surface area contributed by atoms with Gasteiger partial charge >= 0.3 is 0 Å². The minimum atomic E-state index is -0.0449. The van der Waals surface area contributed by atoms with Gasteiger partial charge in [0, 0.05) is 59.0 Å². The van der Waals surface area contributed by atoms with E-state index in [1.807, 2.05) is 0 Å². The van der Waals surface area contributed by atoms with Crippen molar-refractivity contribution in [2.24, 2.45) is 0 Å². The molecular formula is C44H84N4O3. The smallest absolute Gasteiger partial charge is 0.220 e. The molecule has 7 heteroatoms. The van der Waals surface area contributed by atoms with Gasteiger partial charge in [-0.1, -0.05) is 141 Å². The molecule has 51 heavy (non-hydrogen) atoms. The number of carbonyl (C=O) groups excluding carboxylic acids is 3. The van der Waals surface area contributed by atoms with Crippen molar-refractivity contribution in [3.63, 3.8) is 0 Å². The summed E-state index contributed by atoms with van der Waals surface area (Å²) >= 11 is 0. The Bertz CT molecular complexity index is 786. The monoisotopic (exact) mass is 717 g/mol. The summed E-state index contributed by atoms with van der Waals surface area (Å²) < 4.78 is 0. The third-order valence-electron chi connectivity index (χ3n) is 9.63. The fourth-order valence-corrected chi connectivity index (χ4v) is 6.32. The first-order chi connectivity index (χ1) is 25.0. The van der Waals surface area contributed by atoms with Crippen LogP contribution in [0.25, 0.3) is 0 Å². The molecule has 0 aliphatic rings. The molecule has 0 aromatic rings. The van der Waals surface area contributed by atoms with Crippen molar-refractivity contribution in [1.82, 2.24) is 20.9 Å². The van der Waals surface area contributed by atoms with Crippen LogP contribution in [0.15, 0.2) is 24.3 Å². The van der Waals surface area contributed by atoms with E-state index >= 15 is 0 Å². The van der Waals surface area contributed by atoms with Gasteiger partial charge in [0.15, 0.2) is 0 Å². The molecule has 0 unspecified atom stereocenters. The lowest BCUT2D eigenvalue weighted by Crippen LogP contribution is -2.42. The lowest BCUT2D eigenvalue weighted by atomic mass is 10.1. The van der Waals surface area contributed by atoms with E-state index in [-0.39, 0.29) is 17.7 Å². The SMILES string of the molecule is CCCCCCCC/C=C\CCCCCCCC(=O)NCCN(CCNC(C)=O)CCNC(=O)CCCCCCC/C=C\CCCCCCCC. The van der Waals surface area contributed by atoms with Crippen LogP contribution in [0.3, 0.4) is 0 Å². The first-order valence-corrected chi connectivity index (χ1v) is 21.8. The molecule has 298 valence electrons. The molecule has 0 rings (SSSR count). The van der Waals surface area contributed by atoms with Crippen molar-refractivity contribution in [2.45, 2.75) is 201 Å². The molecule has 0 saturated heterocycles. The molecule has 0 fully saturated rings. The lowest BCUT2D eigenvalue weighted by molar-refractivity contribution is -0.121. The van der Waals surface area contributed by atoms with E-state index in [2.05, 4.69) is 59.0 Å². The van der Waals surface area contributed by atoms with E-state index in [1.54, 1.807) is 0 Å². The van der Waals surface area contributed by atoms with E-state index in [0.29, 0.717) is 52.1 Å². The summed E-state index contributed by atoms with van der Waals surface area (Å²) in [6.07, 6.45) is 43.2. The maximum atomic E-state index is 12.4. The van der Waals surface area contributed by atoms with Crippen LogP contribution in [-0.2, 0) is 14.4 Å². The van der Waals surface area contributed by atoms with E-state index in [9.17, 15) is 14.4 Å². The standard InChI is InChI=1S/C44H84N4O3/c1-4-6-8-10-12-14-16-18-20-22-24-26-28-30-32-34-43(50)46-37-40-48(39-36-45-42(3)49)41-38-47-44(51)35-33-31-29-27-25-23-21-19-17-15-13-11-9-7-5-2/h18-21H,4-17,22-41H2,1-3H3,(H,45,49)(H,46,50)(H,47,51)/b20-18-,21-19-. The molecule has 0 aromatic carbocycles. The third-order valence-corrected chi connectivity index (χ3v) is 9.63. The van der Waals surface area contributed by atoms with Crippen molar-refractivity contribution >= 4 is 17.7 Å². The summed E-state index contributed by atoms with van der Waals surface area (Å²) in [6, 6.07) is 0. The quantitative estimate of drug-likeness (QED) is 0.0436. The molecular weight excluding hydrogens is 633 g/mol. The van der Waals surface area contributed by atoms with Gasteiger partial charge in [0.1, 0.15) is 0 Å². The molecule has 0 aromatic heterocycles. The Labute approximate surface area is 316 Å². The van der Waals surface area contributed by atoms with Gasteiger partial charge in [-0.3, -0.25) is 19.3 Å². The normalized spacial score (nSPS) is 11.6. The van der Waals surface area contributed by atoms with Gasteiger partial charge in [0.25, 0.3) is 0 Å². The van der Waals surface area contributed by atoms with Crippen LogP contribution in [0, 0.1) is 0 Å². The van der Waals surface area contributed by atoms with Crippen LogP contribution < -0.4 is 16.0 Å². The number of carbonyl (C=O) groups is 3. The van der Waals surface area contributed by atoms with Gasteiger partial charge in [-0.15, -0.1) is 0 Å². The first-order valence-electron chi connectivity index (χ1n) is 21.8. The molecule has 0 atom stereocenters. The molecule has 0 spiro atoms. The van der Waals surface area contributed by atoms with Crippen molar-refractivity contribution in [3.8, 4) is 0 Å². The second-order valence-electron chi connectivity index (χ2n) is 14.7. The van der Waals surface area contributed by atoms with E-state index < -0.39 is 0 Å². The maximum Gasteiger partial charge on any atom is 0.220 e. The molecule has 3 amide bonds. The Balaban J connectivity index is 3.88. The predicted octanol–water partition coefficient (Wildman–Crippen LogP) is 10.7. The summed E-state index contributed by atoms with van der Waals surface area (Å²) in [5.74, 6) is 0.182. The Morgan fingerprint density at radius 2 is 0.706 bits per heavy atom. The van der Waals surface area contributed by atoms with Gasteiger partial charge in [-0.25, -0.2) is 0 Å². The summed E-state index contributed by atoms with van der Waals surface area (Å²) in [7, 11) is 0. The highest BCUT2D eigenvalue weighted by Gasteiger charge is 2.08. The van der Waals surface area contributed by atoms with Crippen molar-refractivity contribution in [3.05, 3.63) is 24.3 Å². The molecule has 3 N–H and O–H groups in total. The lowest BCUT2D eigenvalue weighted by Gasteiger charge is -2.23. The minimum Gasteiger partial charge on any atom is -0.355 e. The highest BCUT2D eigenvalue weighted by molar-refractivity contribution is 5.76. The molecule has 0 bridgehead atoms. The van der Waals surface area contributed by atoms with Crippen LogP contribution in [0.5, 0.6) is 0 Å². The summed E-state index contributed by atoms with van der Waals surface area (Å²) in [5.41, 5.74) is 0. The molecule has 0 heterocycles. The fourth-order valence-electron chi connectivity index (χ4n) is 6.32. The molecule has 0 radical (unpaired) electrons.